The van der Waals surface area contributed by atoms with E-state index in [0.29, 0.717) is 0 Å². The standard InChI is InChI=1S/C4H10N2S/c1-4-6(3)7-5-2/h2,4H2,1,3H3. The maximum absolute atomic E-state index is 3.60. The van der Waals surface area contributed by atoms with Gasteiger partial charge in [-0.15, -0.1) is 0 Å². The molecule has 0 fully saturated rings. The third-order valence-electron chi connectivity index (χ3n) is 0.642. The van der Waals surface area contributed by atoms with Crippen molar-refractivity contribution in [2.45, 2.75) is 6.92 Å². The van der Waals surface area contributed by atoms with Gasteiger partial charge in [0.15, 0.2) is 0 Å². The first-order valence-corrected chi connectivity index (χ1v) is 2.88. The average molecular weight is 118 g/mol. The lowest BCUT2D eigenvalue weighted by Crippen LogP contribution is -2.04. The van der Waals surface area contributed by atoms with Crippen LogP contribution < -0.4 is 0 Å². The third-order valence-corrected chi connectivity index (χ3v) is 1.29. The summed E-state index contributed by atoms with van der Waals surface area (Å²) in [7, 11) is 1.97. The van der Waals surface area contributed by atoms with Crippen LogP contribution in [0.5, 0.6) is 0 Å². The Kier molecular flexibility index (Phi) is 4.14. The first-order valence-electron chi connectivity index (χ1n) is 2.15. The average Bonchev–Trinajstić information content (AvgIpc) is 1.68. The molecule has 0 aromatic carbocycles. The minimum absolute atomic E-state index is 1.00. The number of rotatable bonds is 3. The van der Waals surface area contributed by atoms with E-state index in [1.807, 2.05) is 11.4 Å². The van der Waals surface area contributed by atoms with Crippen molar-refractivity contribution >= 4 is 18.9 Å². The maximum atomic E-state index is 3.60. The van der Waals surface area contributed by atoms with Gasteiger partial charge in [-0.1, -0.05) is 6.92 Å². The summed E-state index contributed by atoms with van der Waals surface area (Å²) in [6.07, 6.45) is 0. The molecule has 0 spiro atoms. The Balaban J connectivity index is 2.98. The highest BCUT2D eigenvalue weighted by atomic mass is 32.2. The lowest BCUT2D eigenvalue weighted by atomic mass is 10.8. The number of hydrogen-bond donors (Lipinski definition) is 0. The Labute approximate surface area is 48.9 Å². The van der Waals surface area contributed by atoms with Gasteiger partial charge in [0.05, 0.1) is 12.1 Å². The highest BCUT2D eigenvalue weighted by Crippen LogP contribution is 2.03. The smallest absolute Gasteiger partial charge is 0.0606 e. The summed E-state index contributed by atoms with van der Waals surface area (Å²) in [6, 6.07) is 0. The summed E-state index contributed by atoms with van der Waals surface area (Å²) < 4.78 is 5.59. The molecule has 0 N–H and O–H groups in total. The van der Waals surface area contributed by atoms with Gasteiger partial charge >= 0.3 is 0 Å². The van der Waals surface area contributed by atoms with Crippen LogP contribution in [0.15, 0.2) is 4.40 Å². The molecule has 0 saturated heterocycles. The van der Waals surface area contributed by atoms with Gasteiger partial charge in [0, 0.05) is 13.3 Å². The molecular formula is C4H10N2S. The first kappa shape index (κ1) is 6.98. The Morgan fingerprint density at radius 2 is 2.43 bits per heavy atom. The molecule has 7 heavy (non-hydrogen) atoms. The number of nitrogens with zero attached hydrogens (tertiary/aromatic N) is 2. The highest BCUT2D eigenvalue weighted by Gasteiger charge is 1.86. The summed E-state index contributed by atoms with van der Waals surface area (Å²) in [6.45, 7) is 6.39. The van der Waals surface area contributed by atoms with Crippen molar-refractivity contribution in [2.75, 3.05) is 13.6 Å². The van der Waals surface area contributed by atoms with E-state index >= 15 is 0 Å². The van der Waals surface area contributed by atoms with Gasteiger partial charge in [-0.25, -0.2) is 8.70 Å². The van der Waals surface area contributed by atoms with Gasteiger partial charge in [-0.3, -0.25) is 0 Å². The van der Waals surface area contributed by atoms with Crippen LogP contribution in [-0.2, 0) is 0 Å². The predicted molar refractivity (Wildman–Crippen MR) is 35.4 cm³/mol. The van der Waals surface area contributed by atoms with E-state index in [9.17, 15) is 0 Å². The maximum Gasteiger partial charge on any atom is 0.0606 e. The van der Waals surface area contributed by atoms with E-state index in [1.165, 1.54) is 12.1 Å². The summed E-state index contributed by atoms with van der Waals surface area (Å²) in [4.78, 5) is 0. The fourth-order valence-corrected chi connectivity index (χ4v) is 0.469. The van der Waals surface area contributed by atoms with Crippen LogP contribution in [0.2, 0.25) is 0 Å². The van der Waals surface area contributed by atoms with Crippen LogP contribution in [0.4, 0.5) is 0 Å². The molecule has 0 aromatic heterocycles. The predicted octanol–water partition coefficient (Wildman–Crippen LogP) is 1.20. The summed E-state index contributed by atoms with van der Waals surface area (Å²) in [5, 5.41) is 0. The van der Waals surface area contributed by atoms with Gasteiger partial charge in [-0.2, -0.15) is 0 Å². The molecule has 0 aliphatic heterocycles. The zero-order valence-electron chi connectivity index (χ0n) is 4.72. The molecule has 0 aliphatic rings. The molecule has 0 radical (unpaired) electrons. The quantitative estimate of drug-likeness (QED) is 0.409. The molecule has 0 aliphatic carbocycles. The molecule has 0 aromatic rings. The molecule has 3 heteroatoms. The molecule has 0 rings (SSSR count). The van der Waals surface area contributed by atoms with Crippen molar-refractivity contribution in [1.82, 2.24) is 4.31 Å². The Morgan fingerprint density at radius 3 is 2.57 bits per heavy atom. The zero-order valence-corrected chi connectivity index (χ0v) is 5.53. The topological polar surface area (TPSA) is 15.6 Å². The minimum Gasteiger partial charge on any atom is -0.234 e. The van der Waals surface area contributed by atoms with E-state index in [0.717, 1.165) is 6.54 Å². The lowest BCUT2D eigenvalue weighted by Gasteiger charge is -2.04. The van der Waals surface area contributed by atoms with Gasteiger partial charge in [0.25, 0.3) is 0 Å². The fourth-order valence-electron chi connectivity index (χ4n) is 0.156. The van der Waals surface area contributed by atoms with Crippen molar-refractivity contribution in [2.24, 2.45) is 4.40 Å². The van der Waals surface area contributed by atoms with E-state index in [-0.39, 0.29) is 0 Å². The Hall–Kier alpha value is -0.0200. The largest absolute Gasteiger partial charge is 0.234 e. The second-order valence-electron chi connectivity index (χ2n) is 1.15. The van der Waals surface area contributed by atoms with Crippen molar-refractivity contribution in [3.63, 3.8) is 0 Å². The number of hydrogen-bond acceptors (Lipinski definition) is 3. The summed E-state index contributed by atoms with van der Waals surface area (Å²) in [5.41, 5.74) is 0. The second kappa shape index (κ2) is 4.15. The van der Waals surface area contributed by atoms with Gasteiger partial charge < -0.3 is 0 Å². The molecule has 0 heterocycles. The normalized spacial score (nSPS) is 9.57. The molecule has 0 saturated carbocycles. The monoisotopic (exact) mass is 118 g/mol. The molecule has 0 unspecified atom stereocenters. The highest BCUT2D eigenvalue weighted by molar-refractivity contribution is 7.95. The SMILES string of the molecule is C=NSN(C)CC. The lowest BCUT2D eigenvalue weighted by molar-refractivity contribution is 0.603. The van der Waals surface area contributed by atoms with Crippen LogP contribution in [0.25, 0.3) is 0 Å². The minimum atomic E-state index is 1.00. The van der Waals surface area contributed by atoms with E-state index in [1.54, 1.807) is 0 Å². The molecule has 0 amide bonds. The molecule has 0 atom stereocenters. The Morgan fingerprint density at radius 1 is 1.86 bits per heavy atom. The van der Waals surface area contributed by atoms with E-state index in [2.05, 4.69) is 18.0 Å². The fraction of sp³-hybridized carbons (Fsp3) is 0.750. The van der Waals surface area contributed by atoms with Crippen molar-refractivity contribution in [3.8, 4) is 0 Å². The molecule has 2 nitrogen and oxygen atoms in total. The molecular weight excluding hydrogens is 108 g/mol. The first-order chi connectivity index (χ1) is 3.31. The van der Waals surface area contributed by atoms with E-state index in [4.69, 9.17) is 0 Å². The Bertz CT molecular complexity index is 55.7. The van der Waals surface area contributed by atoms with Crippen molar-refractivity contribution in [1.29, 1.82) is 0 Å². The zero-order chi connectivity index (χ0) is 5.70. The van der Waals surface area contributed by atoms with Gasteiger partial charge in [0.1, 0.15) is 0 Å². The summed E-state index contributed by atoms with van der Waals surface area (Å²) >= 11 is 1.38. The molecule has 0 bridgehead atoms. The summed E-state index contributed by atoms with van der Waals surface area (Å²) in [5.74, 6) is 0. The van der Waals surface area contributed by atoms with Crippen molar-refractivity contribution < 1.29 is 0 Å². The van der Waals surface area contributed by atoms with Crippen molar-refractivity contribution in [3.05, 3.63) is 0 Å². The van der Waals surface area contributed by atoms with Crippen LogP contribution in [0.3, 0.4) is 0 Å². The van der Waals surface area contributed by atoms with E-state index < -0.39 is 0 Å². The third kappa shape index (κ3) is 3.82. The van der Waals surface area contributed by atoms with Crippen LogP contribution in [-0.4, -0.2) is 24.6 Å². The van der Waals surface area contributed by atoms with Gasteiger partial charge in [-0.05, 0) is 7.05 Å². The van der Waals surface area contributed by atoms with Crippen LogP contribution in [0, 0.1) is 0 Å². The van der Waals surface area contributed by atoms with Crippen LogP contribution in [0.1, 0.15) is 6.92 Å². The van der Waals surface area contributed by atoms with Crippen LogP contribution >= 0.6 is 12.1 Å². The molecule has 42 valence electrons. The van der Waals surface area contributed by atoms with Gasteiger partial charge in [0.2, 0.25) is 0 Å². The second-order valence-corrected chi connectivity index (χ2v) is 2.20.